The molecule has 1 aromatic heterocycles. The van der Waals surface area contributed by atoms with E-state index >= 15 is 0 Å². The van der Waals surface area contributed by atoms with E-state index in [0.29, 0.717) is 0 Å². The quantitative estimate of drug-likeness (QED) is 0.275. The summed E-state index contributed by atoms with van der Waals surface area (Å²) in [4.78, 5) is 0. The summed E-state index contributed by atoms with van der Waals surface area (Å²) in [5.41, 5.74) is 11.5. The Morgan fingerprint density at radius 3 is 2.19 bits per heavy atom. The zero-order valence-electron chi connectivity index (χ0n) is 20.2. The van der Waals surface area contributed by atoms with E-state index in [4.69, 9.17) is 0 Å². The van der Waals surface area contributed by atoms with Gasteiger partial charge in [-0.05, 0) is 84.3 Å². The summed E-state index contributed by atoms with van der Waals surface area (Å²) in [7, 11) is 0. The Labute approximate surface area is 211 Å². The van der Waals surface area contributed by atoms with Gasteiger partial charge in [-0.1, -0.05) is 78.9 Å². The number of anilines is 2. The first-order valence-electron chi connectivity index (χ1n) is 12.9. The van der Waals surface area contributed by atoms with Gasteiger partial charge in [-0.3, -0.25) is 0 Å². The van der Waals surface area contributed by atoms with Crippen LogP contribution < -0.4 is 5.32 Å². The minimum atomic E-state index is 1.13. The first kappa shape index (κ1) is 21.0. The van der Waals surface area contributed by atoms with E-state index in [9.17, 15) is 0 Å². The molecule has 0 bridgehead atoms. The molecule has 0 unspecified atom stereocenters. The second-order valence-electron chi connectivity index (χ2n) is 9.77. The smallest absolute Gasteiger partial charge is 0.0561 e. The molecule has 5 aromatic carbocycles. The van der Waals surface area contributed by atoms with Crippen molar-refractivity contribution in [3.8, 4) is 16.8 Å². The van der Waals surface area contributed by atoms with Crippen molar-refractivity contribution in [3.05, 3.63) is 126 Å². The van der Waals surface area contributed by atoms with Gasteiger partial charge in [-0.25, -0.2) is 0 Å². The summed E-state index contributed by atoms with van der Waals surface area (Å²) < 4.78 is 2.39. The number of hydrogen-bond donors (Lipinski definition) is 1. The van der Waals surface area contributed by atoms with Gasteiger partial charge in [0, 0.05) is 27.8 Å². The molecule has 1 aliphatic carbocycles. The minimum Gasteiger partial charge on any atom is -0.355 e. The average Bonchev–Trinajstić information content (AvgIpc) is 3.27. The molecule has 0 radical (unpaired) electrons. The van der Waals surface area contributed by atoms with E-state index in [-0.39, 0.29) is 0 Å². The molecule has 7 rings (SSSR count). The van der Waals surface area contributed by atoms with Crippen LogP contribution in [0.5, 0.6) is 0 Å². The van der Waals surface area contributed by atoms with Crippen LogP contribution in [0.15, 0.2) is 115 Å². The Balaban J connectivity index is 1.35. The second-order valence-corrected chi connectivity index (χ2v) is 9.77. The fourth-order valence-electron chi connectivity index (χ4n) is 5.81. The summed E-state index contributed by atoms with van der Waals surface area (Å²) in [5, 5.41) is 6.32. The molecule has 6 aromatic rings. The second kappa shape index (κ2) is 8.73. The topological polar surface area (TPSA) is 17.0 Å². The van der Waals surface area contributed by atoms with E-state index < -0.39 is 0 Å². The van der Waals surface area contributed by atoms with E-state index in [2.05, 4.69) is 125 Å². The maximum absolute atomic E-state index is 3.76. The Bertz CT molecular complexity index is 1690. The van der Waals surface area contributed by atoms with Gasteiger partial charge in [0.25, 0.3) is 0 Å². The first-order chi connectivity index (χ1) is 17.8. The van der Waals surface area contributed by atoms with Crippen molar-refractivity contribution in [2.75, 3.05) is 5.32 Å². The number of aromatic nitrogens is 1. The largest absolute Gasteiger partial charge is 0.355 e. The molecule has 1 aliphatic rings. The number of rotatable bonds is 4. The molecular formula is C34H28N2. The van der Waals surface area contributed by atoms with Crippen LogP contribution in [-0.4, -0.2) is 4.57 Å². The van der Waals surface area contributed by atoms with Crippen LogP contribution in [0.3, 0.4) is 0 Å². The van der Waals surface area contributed by atoms with Gasteiger partial charge in [0.2, 0.25) is 0 Å². The summed E-state index contributed by atoms with van der Waals surface area (Å²) in [6.45, 7) is 0. The summed E-state index contributed by atoms with van der Waals surface area (Å²) in [6, 6.07) is 41.7. The van der Waals surface area contributed by atoms with Crippen molar-refractivity contribution in [2.24, 2.45) is 0 Å². The molecule has 2 heteroatoms. The highest BCUT2D eigenvalue weighted by atomic mass is 15.0. The Morgan fingerprint density at radius 2 is 1.31 bits per heavy atom. The number of para-hydroxylation sites is 1. The lowest BCUT2D eigenvalue weighted by atomic mass is 9.90. The highest BCUT2D eigenvalue weighted by molar-refractivity contribution is 6.10. The number of nitrogens with zero attached hydrogens (tertiary/aromatic N) is 1. The normalized spacial score (nSPS) is 13.1. The molecule has 174 valence electrons. The monoisotopic (exact) mass is 464 g/mol. The predicted molar refractivity (Wildman–Crippen MR) is 153 cm³/mol. The van der Waals surface area contributed by atoms with Crippen LogP contribution in [0.2, 0.25) is 0 Å². The molecule has 0 atom stereocenters. The molecule has 0 saturated carbocycles. The molecule has 1 heterocycles. The van der Waals surface area contributed by atoms with Gasteiger partial charge in [-0.2, -0.15) is 0 Å². The lowest BCUT2D eigenvalue weighted by molar-refractivity contribution is 0.687. The summed E-state index contributed by atoms with van der Waals surface area (Å²) in [6.07, 6.45) is 4.93. The third-order valence-electron chi connectivity index (χ3n) is 7.58. The molecule has 0 aliphatic heterocycles. The molecule has 0 fully saturated rings. The number of hydrogen-bond acceptors (Lipinski definition) is 1. The van der Waals surface area contributed by atoms with Gasteiger partial charge < -0.3 is 9.88 Å². The molecule has 0 amide bonds. The van der Waals surface area contributed by atoms with Crippen molar-refractivity contribution < 1.29 is 0 Å². The molecule has 0 saturated heterocycles. The lowest BCUT2D eigenvalue weighted by Gasteiger charge is -2.20. The zero-order valence-corrected chi connectivity index (χ0v) is 20.2. The first-order valence-corrected chi connectivity index (χ1v) is 12.9. The highest BCUT2D eigenvalue weighted by Gasteiger charge is 2.15. The molecular weight excluding hydrogens is 436 g/mol. The van der Waals surface area contributed by atoms with E-state index in [0.717, 1.165) is 12.1 Å². The third-order valence-corrected chi connectivity index (χ3v) is 7.58. The van der Waals surface area contributed by atoms with Gasteiger partial charge >= 0.3 is 0 Å². The SMILES string of the molecule is c1ccc(-c2ccc(-n3c4ccccc4c4ccc(Nc5cccc6c5CCCC6)cc43)cc2)cc1. The van der Waals surface area contributed by atoms with Gasteiger partial charge in [0.15, 0.2) is 0 Å². The molecule has 36 heavy (non-hydrogen) atoms. The van der Waals surface area contributed by atoms with Crippen LogP contribution in [0, 0.1) is 0 Å². The van der Waals surface area contributed by atoms with Crippen molar-refractivity contribution in [1.82, 2.24) is 4.57 Å². The van der Waals surface area contributed by atoms with Crippen molar-refractivity contribution in [3.63, 3.8) is 0 Å². The number of benzene rings is 5. The Kier molecular flexibility index (Phi) is 5.10. The van der Waals surface area contributed by atoms with Gasteiger partial charge in [-0.15, -0.1) is 0 Å². The maximum atomic E-state index is 3.76. The Hall–Kier alpha value is -4.30. The summed E-state index contributed by atoms with van der Waals surface area (Å²) >= 11 is 0. The van der Waals surface area contributed by atoms with Crippen LogP contribution in [0.25, 0.3) is 38.6 Å². The number of aryl methyl sites for hydroxylation is 1. The fraction of sp³-hybridized carbons (Fsp3) is 0.118. The fourth-order valence-corrected chi connectivity index (χ4v) is 5.81. The Morgan fingerprint density at radius 1 is 0.556 bits per heavy atom. The lowest BCUT2D eigenvalue weighted by Crippen LogP contribution is -2.06. The molecule has 1 N–H and O–H groups in total. The van der Waals surface area contributed by atoms with E-state index in [1.807, 2.05) is 0 Å². The third kappa shape index (κ3) is 3.58. The predicted octanol–water partition coefficient (Wildman–Crippen LogP) is 9.07. The van der Waals surface area contributed by atoms with Crippen LogP contribution in [0.1, 0.15) is 24.0 Å². The van der Waals surface area contributed by atoms with E-state index in [1.165, 1.54) is 74.7 Å². The standard InChI is InChI=1S/C34H28N2/c1-2-9-24(10-3-1)25-17-20-28(21-18-25)36-33-16-7-6-14-30(33)31-22-19-27(23-34(31)36)35-32-15-8-12-26-11-4-5-13-29(26)32/h1-3,6-10,12,14-23,35H,4-5,11,13H2. The molecule has 2 nitrogen and oxygen atoms in total. The van der Waals surface area contributed by atoms with Crippen molar-refractivity contribution in [2.45, 2.75) is 25.7 Å². The van der Waals surface area contributed by atoms with Crippen LogP contribution >= 0.6 is 0 Å². The van der Waals surface area contributed by atoms with Gasteiger partial charge in [0.1, 0.15) is 0 Å². The summed E-state index contributed by atoms with van der Waals surface area (Å²) in [5.74, 6) is 0. The van der Waals surface area contributed by atoms with Crippen molar-refractivity contribution in [1.29, 1.82) is 0 Å². The van der Waals surface area contributed by atoms with Crippen LogP contribution in [0.4, 0.5) is 11.4 Å². The number of fused-ring (bicyclic) bond motifs is 4. The van der Waals surface area contributed by atoms with Crippen molar-refractivity contribution >= 4 is 33.2 Å². The maximum Gasteiger partial charge on any atom is 0.0561 e. The van der Waals surface area contributed by atoms with Crippen LogP contribution in [-0.2, 0) is 12.8 Å². The molecule has 0 spiro atoms. The van der Waals surface area contributed by atoms with E-state index in [1.54, 1.807) is 0 Å². The zero-order chi connectivity index (χ0) is 23.9. The average molecular weight is 465 g/mol. The number of nitrogens with one attached hydrogen (secondary N) is 1. The highest BCUT2D eigenvalue weighted by Crippen LogP contribution is 2.36. The van der Waals surface area contributed by atoms with Gasteiger partial charge in [0.05, 0.1) is 11.0 Å². The minimum absolute atomic E-state index is 1.13.